The summed E-state index contributed by atoms with van der Waals surface area (Å²) in [4.78, 5) is 45.3. The van der Waals surface area contributed by atoms with Crippen LogP contribution in [0, 0.1) is 0 Å². The van der Waals surface area contributed by atoms with Crippen LogP contribution in [0.25, 0.3) is 0 Å². The van der Waals surface area contributed by atoms with Gasteiger partial charge in [-0.15, -0.1) is 0 Å². The second-order valence-electron chi connectivity index (χ2n) is 5.11. The van der Waals surface area contributed by atoms with Gasteiger partial charge in [0.1, 0.15) is 6.54 Å². The number of aliphatic carboxylic acids is 1. The lowest BCUT2D eigenvalue weighted by molar-refractivity contribution is -0.135. The van der Waals surface area contributed by atoms with Crippen molar-refractivity contribution in [2.45, 2.75) is 19.8 Å². The fourth-order valence-electron chi connectivity index (χ4n) is 2.33. The number of anilines is 1. The molecule has 0 bridgehead atoms. The number of amides is 1. The van der Waals surface area contributed by atoms with E-state index in [2.05, 4.69) is 10.6 Å². The highest BCUT2D eigenvalue weighted by atomic mass is 16.4. The second kappa shape index (κ2) is 6.87. The van der Waals surface area contributed by atoms with Crippen molar-refractivity contribution < 1.29 is 24.3 Å². The molecule has 0 aliphatic heterocycles. The predicted octanol–water partition coefficient (Wildman–Crippen LogP) is 1.12. The Bertz CT molecular complexity index is 704. The number of carbonyl (C=O) groups excluding carboxylic acids is 3. The van der Waals surface area contributed by atoms with Gasteiger partial charge in [-0.3, -0.25) is 19.2 Å². The van der Waals surface area contributed by atoms with Crippen molar-refractivity contribution in [3.8, 4) is 0 Å². The maximum Gasteiger partial charge on any atom is 0.322 e. The lowest BCUT2D eigenvalue weighted by Crippen LogP contribution is -2.29. The normalized spacial score (nSPS) is 13.9. The monoisotopic (exact) mass is 316 g/mol. The Labute approximate surface area is 132 Å². The third kappa shape index (κ3) is 4.03. The van der Waals surface area contributed by atoms with Crippen molar-refractivity contribution in [3.63, 3.8) is 0 Å². The topological polar surface area (TPSA) is 113 Å². The zero-order chi connectivity index (χ0) is 17.0. The Kier molecular flexibility index (Phi) is 4.90. The van der Waals surface area contributed by atoms with Crippen molar-refractivity contribution >= 4 is 29.1 Å². The standard InChI is InChI=1S/C16H16N2O5/c1-9(19)15-12(6-7-13(15)20)18-11-4-2-10(3-5-11)16(23)17-8-14(21)22/h2-5,18H,6-8H2,1H3,(H,17,23)(H,21,22). The first kappa shape index (κ1) is 16.4. The largest absolute Gasteiger partial charge is 0.480 e. The summed E-state index contributed by atoms with van der Waals surface area (Å²) in [7, 11) is 0. The Morgan fingerprint density at radius 1 is 1.13 bits per heavy atom. The molecule has 1 aromatic carbocycles. The number of nitrogens with one attached hydrogen (secondary N) is 2. The molecule has 1 aliphatic rings. The number of hydrogen-bond donors (Lipinski definition) is 3. The van der Waals surface area contributed by atoms with Gasteiger partial charge < -0.3 is 15.7 Å². The molecule has 0 heterocycles. The fraction of sp³-hybridized carbons (Fsp3) is 0.250. The summed E-state index contributed by atoms with van der Waals surface area (Å²) in [6.45, 7) is 0.909. The van der Waals surface area contributed by atoms with Crippen LogP contribution in [0.15, 0.2) is 35.5 Å². The van der Waals surface area contributed by atoms with Crippen LogP contribution in [0.3, 0.4) is 0 Å². The molecule has 0 atom stereocenters. The van der Waals surface area contributed by atoms with Gasteiger partial charge in [-0.25, -0.2) is 0 Å². The number of hydrogen-bond acceptors (Lipinski definition) is 5. The van der Waals surface area contributed by atoms with E-state index in [9.17, 15) is 19.2 Å². The molecule has 23 heavy (non-hydrogen) atoms. The summed E-state index contributed by atoms with van der Waals surface area (Å²) in [5.41, 5.74) is 1.75. The Morgan fingerprint density at radius 2 is 1.78 bits per heavy atom. The SMILES string of the molecule is CC(=O)C1=C(Nc2ccc(C(=O)NCC(=O)O)cc2)CCC1=O. The number of allylic oxidation sites excluding steroid dienone is 2. The van der Waals surface area contributed by atoms with Crippen LogP contribution in [-0.2, 0) is 14.4 Å². The Morgan fingerprint density at radius 3 is 2.35 bits per heavy atom. The summed E-state index contributed by atoms with van der Waals surface area (Å²) in [5.74, 6) is -2.03. The first-order chi connectivity index (χ1) is 10.9. The maximum absolute atomic E-state index is 11.7. The first-order valence-corrected chi connectivity index (χ1v) is 7.03. The molecule has 1 aromatic rings. The summed E-state index contributed by atoms with van der Waals surface area (Å²) in [6.07, 6.45) is 0.793. The van der Waals surface area contributed by atoms with Gasteiger partial charge in [0.05, 0.1) is 5.57 Å². The van der Waals surface area contributed by atoms with E-state index in [0.29, 0.717) is 29.8 Å². The molecule has 2 rings (SSSR count). The molecule has 0 unspecified atom stereocenters. The first-order valence-electron chi connectivity index (χ1n) is 7.03. The van der Waals surface area contributed by atoms with E-state index in [-0.39, 0.29) is 17.1 Å². The minimum Gasteiger partial charge on any atom is -0.480 e. The van der Waals surface area contributed by atoms with E-state index in [1.165, 1.54) is 19.1 Å². The van der Waals surface area contributed by atoms with Gasteiger partial charge in [0.25, 0.3) is 5.91 Å². The average molecular weight is 316 g/mol. The zero-order valence-corrected chi connectivity index (χ0v) is 12.5. The number of carboxylic acid groups (broad SMARTS) is 1. The van der Waals surface area contributed by atoms with Gasteiger partial charge in [0.15, 0.2) is 11.6 Å². The Hall–Kier alpha value is -2.96. The van der Waals surface area contributed by atoms with Crippen molar-refractivity contribution in [2.24, 2.45) is 0 Å². The van der Waals surface area contributed by atoms with Crippen LogP contribution < -0.4 is 10.6 Å². The molecule has 3 N–H and O–H groups in total. The minimum absolute atomic E-state index is 0.162. The number of Topliss-reactive ketones (excluding diaryl/α,β-unsaturated/α-hetero) is 2. The van der Waals surface area contributed by atoms with Gasteiger partial charge in [0, 0.05) is 23.4 Å². The van der Waals surface area contributed by atoms with E-state index in [1.54, 1.807) is 12.1 Å². The summed E-state index contributed by atoms with van der Waals surface area (Å²) in [5, 5.41) is 13.8. The molecule has 7 heteroatoms. The molecule has 7 nitrogen and oxygen atoms in total. The van der Waals surface area contributed by atoms with Crippen LogP contribution in [0.1, 0.15) is 30.1 Å². The molecule has 1 amide bonds. The molecule has 0 radical (unpaired) electrons. The van der Waals surface area contributed by atoms with E-state index >= 15 is 0 Å². The summed E-state index contributed by atoms with van der Waals surface area (Å²) >= 11 is 0. The quantitative estimate of drug-likeness (QED) is 0.678. The van der Waals surface area contributed by atoms with Gasteiger partial charge in [-0.1, -0.05) is 0 Å². The van der Waals surface area contributed by atoms with Gasteiger partial charge in [-0.05, 0) is 37.6 Å². The lowest BCUT2D eigenvalue weighted by Gasteiger charge is -2.09. The summed E-state index contributed by atoms with van der Waals surface area (Å²) < 4.78 is 0. The molecular formula is C16H16N2O5. The van der Waals surface area contributed by atoms with Gasteiger partial charge in [-0.2, -0.15) is 0 Å². The summed E-state index contributed by atoms with van der Waals surface area (Å²) in [6, 6.07) is 6.32. The van der Waals surface area contributed by atoms with Gasteiger partial charge >= 0.3 is 5.97 Å². The van der Waals surface area contributed by atoms with Gasteiger partial charge in [0.2, 0.25) is 0 Å². The van der Waals surface area contributed by atoms with Crippen molar-refractivity contribution in [2.75, 3.05) is 11.9 Å². The zero-order valence-electron chi connectivity index (χ0n) is 12.5. The number of carbonyl (C=O) groups is 4. The predicted molar refractivity (Wildman–Crippen MR) is 82.0 cm³/mol. The van der Waals surface area contributed by atoms with Crippen LogP contribution in [0.5, 0.6) is 0 Å². The number of ketones is 2. The van der Waals surface area contributed by atoms with Crippen LogP contribution in [0.4, 0.5) is 5.69 Å². The number of benzene rings is 1. The molecule has 120 valence electrons. The molecule has 0 spiro atoms. The highest BCUT2D eigenvalue weighted by molar-refractivity contribution is 6.21. The molecule has 0 aromatic heterocycles. The van der Waals surface area contributed by atoms with E-state index in [1.807, 2.05) is 0 Å². The highest BCUT2D eigenvalue weighted by Crippen LogP contribution is 2.25. The van der Waals surface area contributed by atoms with Crippen molar-refractivity contribution in [1.29, 1.82) is 0 Å². The smallest absolute Gasteiger partial charge is 0.322 e. The van der Waals surface area contributed by atoms with Crippen molar-refractivity contribution in [3.05, 3.63) is 41.1 Å². The van der Waals surface area contributed by atoms with E-state index < -0.39 is 18.4 Å². The lowest BCUT2D eigenvalue weighted by atomic mass is 10.1. The van der Waals surface area contributed by atoms with Crippen LogP contribution in [0.2, 0.25) is 0 Å². The van der Waals surface area contributed by atoms with Crippen LogP contribution in [-0.4, -0.2) is 35.1 Å². The number of rotatable bonds is 6. The maximum atomic E-state index is 11.7. The fourth-order valence-corrected chi connectivity index (χ4v) is 2.33. The van der Waals surface area contributed by atoms with Crippen molar-refractivity contribution in [1.82, 2.24) is 5.32 Å². The molecule has 0 saturated heterocycles. The van der Waals surface area contributed by atoms with Crippen LogP contribution >= 0.6 is 0 Å². The molecule has 0 fully saturated rings. The Balaban J connectivity index is 2.08. The highest BCUT2D eigenvalue weighted by Gasteiger charge is 2.26. The van der Waals surface area contributed by atoms with E-state index in [4.69, 9.17) is 5.11 Å². The molecule has 1 aliphatic carbocycles. The third-order valence-electron chi connectivity index (χ3n) is 3.38. The molecular weight excluding hydrogens is 300 g/mol. The number of carboxylic acids is 1. The average Bonchev–Trinajstić information content (AvgIpc) is 2.86. The molecule has 0 saturated carbocycles. The van der Waals surface area contributed by atoms with E-state index in [0.717, 1.165) is 0 Å². The third-order valence-corrected chi connectivity index (χ3v) is 3.38. The minimum atomic E-state index is -1.12. The second-order valence-corrected chi connectivity index (χ2v) is 5.11.